The van der Waals surface area contributed by atoms with Crippen molar-refractivity contribution < 1.29 is 4.79 Å². The molecule has 1 fully saturated rings. The minimum atomic E-state index is 0.173. The van der Waals surface area contributed by atoms with Gasteiger partial charge >= 0.3 is 0 Å². The standard InChI is InChI=1S/C8H12N2O/c9-3-4-10-7-2-1-6(5-7)8(10)11/h1-2,6-7H,3-5,9H2. The second-order valence-corrected chi connectivity index (χ2v) is 3.11. The number of carbonyl (C=O) groups excluding carboxylic acids is 1. The Balaban J connectivity index is 2.12. The molecule has 60 valence electrons. The van der Waals surface area contributed by atoms with Gasteiger partial charge in [0.25, 0.3) is 0 Å². The SMILES string of the molecule is NCCN1C(=O)C2C=CC1C2. The van der Waals surface area contributed by atoms with E-state index in [1.807, 2.05) is 11.0 Å². The third kappa shape index (κ3) is 0.878. The second-order valence-electron chi connectivity index (χ2n) is 3.11. The van der Waals surface area contributed by atoms with E-state index in [0.717, 1.165) is 6.42 Å². The van der Waals surface area contributed by atoms with Gasteiger partial charge in [0.2, 0.25) is 5.91 Å². The predicted octanol–water partition coefficient (Wildman–Crippen LogP) is -0.268. The first-order chi connectivity index (χ1) is 5.33. The van der Waals surface area contributed by atoms with Crippen molar-refractivity contribution in [1.82, 2.24) is 4.90 Å². The van der Waals surface area contributed by atoms with E-state index in [4.69, 9.17) is 5.73 Å². The van der Waals surface area contributed by atoms with Crippen molar-refractivity contribution in [2.24, 2.45) is 11.7 Å². The summed E-state index contributed by atoms with van der Waals surface area (Å²) in [5.74, 6) is 0.439. The fourth-order valence-corrected chi connectivity index (χ4v) is 1.89. The third-order valence-electron chi connectivity index (χ3n) is 2.43. The lowest BCUT2D eigenvalue weighted by atomic mass is 10.1. The number of nitrogens with zero attached hydrogens (tertiary/aromatic N) is 1. The molecule has 3 nitrogen and oxygen atoms in total. The van der Waals surface area contributed by atoms with Crippen molar-refractivity contribution in [3.63, 3.8) is 0 Å². The molecule has 0 spiro atoms. The molecular formula is C8H12N2O. The number of carbonyl (C=O) groups is 1. The molecule has 0 aromatic carbocycles. The first kappa shape index (κ1) is 6.85. The average Bonchev–Trinajstić information content (AvgIpc) is 2.54. The summed E-state index contributed by atoms with van der Waals surface area (Å²) in [6.45, 7) is 1.28. The molecule has 1 amide bonds. The molecule has 0 aromatic heterocycles. The zero-order valence-electron chi connectivity index (χ0n) is 6.36. The zero-order chi connectivity index (χ0) is 7.84. The highest BCUT2D eigenvalue weighted by Gasteiger charge is 2.39. The van der Waals surface area contributed by atoms with Gasteiger partial charge in [-0.1, -0.05) is 12.2 Å². The summed E-state index contributed by atoms with van der Waals surface area (Å²) in [5.41, 5.74) is 5.38. The Hall–Kier alpha value is -0.830. The Morgan fingerprint density at radius 2 is 2.45 bits per heavy atom. The molecule has 1 aliphatic carbocycles. The van der Waals surface area contributed by atoms with Crippen LogP contribution in [0.5, 0.6) is 0 Å². The number of likely N-dealkylation sites (tertiary alicyclic amines) is 1. The largest absolute Gasteiger partial charge is 0.334 e. The van der Waals surface area contributed by atoms with E-state index in [9.17, 15) is 4.79 Å². The Labute approximate surface area is 65.9 Å². The fourth-order valence-electron chi connectivity index (χ4n) is 1.89. The molecule has 2 atom stereocenters. The van der Waals surface area contributed by atoms with E-state index in [1.165, 1.54) is 0 Å². The molecule has 2 unspecified atom stereocenters. The van der Waals surface area contributed by atoms with Gasteiger partial charge in [-0.05, 0) is 6.42 Å². The molecule has 1 aliphatic heterocycles. The lowest BCUT2D eigenvalue weighted by Gasteiger charge is -2.22. The molecule has 3 heteroatoms. The zero-order valence-corrected chi connectivity index (χ0v) is 6.36. The van der Waals surface area contributed by atoms with Crippen LogP contribution in [-0.4, -0.2) is 29.9 Å². The summed E-state index contributed by atoms with van der Waals surface area (Å²) in [6, 6.07) is 0.357. The van der Waals surface area contributed by atoms with Gasteiger partial charge < -0.3 is 10.6 Å². The summed E-state index contributed by atoms with van der Waals surface area (Å²) < 4.78 is 0. The maximum absolute atomic E-state index is 11.4. The van der Waals surface area contributed by atoms with Crippen LogP contribution in [0, 0.1) is 5.92 Å². The molecule has 2 aliphatic rings. The topological polar surface area (TPSA) is 46.3 Å². The number of fused-ring (bicyclic) bond motifs is 2. The van der Waals surface area contributed by atoms with Crippen molar-refractivity contribution in [1.29, 1.82) is 0 Å². The Morgan fingerprint density at radius 1 is 1.64 bits per heavy atom. The smallest absolute Gasteiger partial charge is 0.230 e. The van der Waals surface area contributed by atoms with Crippen LogP contribution in [0.2, 0.25) is 0 Å². The van der Waals surface area contributed by atoms with Crippen LogP contribution in [0.1, 0.15) is 6.42 Å². The Morgan fingerprint density at radius 3 is 3.00 bits per heavy atom. The Bertz CT molecular complexity index is 212. The van der Waals surface area contributed by atoms with Crippen molar-refractivity contribution in [3.05, 3.63) is 12.2 Å². The third-order valence-corrected chi connectivity index (χ3v) is 2.43. The van der Waals surface area contributed by atoms with Crippen LogP contribution >= 0.6 is 0 Å². The van der Waals surface area contributed by atoms with E-state index in [0.29, 0.717) is 19.1 Å². The highest BCUT2D eigenvalue weighted by atomic mass is 16.2. The number of nitrogens with two attached hydrogens (primary N) is 1. The van der Waals surface area contributed by atoms with E-state index < -0.39 is 0 Å². The molecule has 0 saturated carbocycles. The highest BCUT2D eigenvalue weighted by molar-refractivity contribution is 5.85. The minimum Gasteiger partial charge on any atom is -0.334 e. The van der Waals surface area contributed by atoms with E-state index in [2.05, 4.69) is 6.08 Å². The van der Waals surface area contributed by atoms with Crippen molar-refractivity contribution in [2.75, 3.05) is 13.1 Å². The molecule has 0 radical (unpaired) electrons. The van der Waals surface area contributed by atoms with Crippen LogP contribution in [-0.2, 0) is 4.79 Å². The van der Waals surface area contributed by atoms with Crippen molar-refractivity contribution >= 4 is 5.91 Å². The maximum Gasteiger partial charge on any atom is 0.230 e. The predicted molar refractivity (Wildman–Crippen MR) is 41.8 cm³/mol. The summed E-state index contributed by atoms with van der Waals surface area (Å²) >= 11 is 0. The van der Waals surface area contributed by atoms with Gasteiger partial charge in [0, 0.05) is 13.1 Å². The van der Waals surface area contributed by atoms with Crippen molar-refractivity contribution in [2.45, 2.75) is 12.5 Å². The first-order valence-corrected chi connectivity index (χ1v) is 4.02. The molecule has 2 rings (SSSR count). The second kappa shape index (κ2) is 2.34. The quantitative estimate of drug-likeness (QED) is 0.554. The van der Waals surface area contributed by atoms with Crippen LogP contribution in [0.3, 0.4) is 0 Å². The summed E-state index contributed by atoms with van der Waals surface area (Å²) in [7, 11) is 0. The number of amides is 1. The average molecular weight is 152 g/mol. The number of hydrogen-bond acceptors (Lipinski definition) is 2. The van der Waals surface area contributed by atoms with Gasteiger partial charge in [0.15, 0.2) is 0 Å². The number of rotatable bonds is 2. The number of hydrogen-bond donors (Lipinski definition) is 1. The molecule has 11 heavy (non-hydrogen) atoms. The lowest BCUT2D eigenvalue weighted by Crippen LogP contribution is -2.38. The molecule has 0 aromatic rings. The monoisotopic (exact) mass is 152 g/mol. The van der Waals surface area contributed by atoms with E-state index in [1.54, 1.807) is 0 Å². The van der Waals surface area contributed by atoms with Crippen LogP contribution in [0.25, 0.3) is 0 Å². The summed E-state index contributed by atoms with van der Waals surface area (Å²) in [5, 5.41) is 0. The molecule has 2 N–H and O–H groups in total. The summed E-state index contributed by atoms with van der Waals surface area (Å²) in [6.07, 6.45) is 5.11. The van der Waals surface area contributed by atoms with Gasteiger partial charge in [-0.3, -0.25) is 4.79 Å². The van der Waals surface area contributed by atoms with Gasteiger partial charge in [-0.2, -0.15) is 0 Å². The van der Waals surface area contributed by atoms with Crippen LogP contribution in [0.4, 0.5) is 0 Å². The van der Waals surface area contributed by atoms with Crippen molar-refractivity contribution in [3.8, 4) is 0 Å². The highest BCUT2D eigenvalue weighted by Crippen LogP contribution is 2.31. The van der Waals surface area contributed by atoms with Gasteiger partial charge in [-0.25, -0.2) is 0 Å². The fraction of sp³-hybridized carbons (Fsp3) is 0.625. The first-order valence-electron chi connectivity index (χ1n) is 4.02. The molecular weight excluding hydrogens is 140 g/mol. The molecule has 1 heterocycles. The minimum absolute atomic E-state index is 0.173. The van der Waals surface area contributed by atoms with Gasteiger partial charge in [0.05, 0.1) is 12.0 Å². The van der Waals surface area contributed by atoms with Crippen LogP contribution in [0.15, 0.2) is 12.2 Å². The lowest BCUT2D eigenvalue weighted by molar-refractivity contribution is -0.130. The normalized spacial score (nSPS) is 33.9. The Kier molecular flexibility index (Phi) is 1.46. The van der Waals surface area contributed by atoms with Gasteiger partial charge in [-0.15, -0.1) is 0 Å². The molecule has 1 saturated heterocycles. The van der Waals surface area contributed by atoms with E-state index in [-0.39, 0.29) is 11.8 Å². The molecule has 2 bridgehead atoms. The van der Waals surface area contributed by atoms with Gasteiger partial charge in [0.1, 0.15) is 0 Å². The van der Waals surface area contributed by atoms with E-state index >= 15 is 0 Å². The summed E-state index contributed by atoms with van der Waals surface area (Å²) in [4.78, 5) is 13.3. The van der Waals surface area contributed by atoms with Crippen LogP contribution < -0.4 is 5.73 Å². The maximum atomic E-state index is 11.4.